The van der Waals surface area contributed by atoms with Crippen molar-refractivity contribution in [2.24, 2.45) is 0 Å². The zero-order valence-electron chi connectivity index (χ0n) is 11.4. The fraction of sp³-hybridized carbons (Fsp3) is 0.467. The van der Waals surface area contributed by atoms with Crippen LogP contribution in [-0.4, -0.2) is 35.3 Å². The zero-order valence-corrected chi connectivity index (χ0v) is 11.4. The third-order valence-electron chi connectivity index (χ3n) is 3.32. The Bertz CT molecular complexity index is 468. The van der Waals surface area contributed by atoms with Crippen LogP contribution < -0.4 is 4.74 Å². The van der Waals surface area contributed by atoms with E-state index in [1.165, 1.54) is 0 Å². The van der Waals surface area contributed by atoms with Gasteiger partial charge in [0.2, 0.25) is 5.91 Å². The Hall–Kier alpha value is -1.84. The second-order valence-corrected chi connectivity index (χ2v) is 5.42. The van der Waals surface area contributed by atoms with Crippen LogP contribution in [0.1, 0.15) is 26.7 Å². The highest BCUT2D eigenvalue weighted by molar-refractivity contribution is 5.91. The second kappa shape index (κ2) is 5.43. The van der Waals surface area contributed by atoms with Crippen molar-refractivity contribution >= 4 is 11.7 Å². The Morgan fingerprint density at radius 1 is 1.32 bits per heavy atom. The van der Waals surface area contributed by atoms with E-state index >= 15 is 0 Å². The lowest BCUT2D eigenvalue weighted by Crippen LogP contribution is -2.43. The summed E-state index contributed by atoms with van der Waals surface area (Å²) in [6.45, 7) is 4.42. The normalized spacial score (nSPS) is 17.6. The molecular weight excluding hydrogens is 242 g/mol. The summed E-state index contributed by atoms with van der Waals surface area (Å²) in [5.41, 5.74) is -0.360. The number of nitrogens with zero attached hydrogens (tertiary/aromatic N) is 1. The number of hydrogen-bond donors (Lipinski definition) is 0. The number of amides is 1. The quantitative estimate of drug-likeness (QED) is 0.833. The van der Waals surface area contributed by atoms with Crippen LogP contribution in [0.3, 0.4) is 0 Å². The van der Waals surface area contributed by atoms with Crippen LogP contribution in [0.25, 0.3) is 0 Å². The minimum Gasteiger partial charge on any atom is -0.493 e. The van der Waals surface area contributed by atoms with Crippen molar-refractivity contribution in [3.63, 3.8) is 0 Å². The van der Waals surface area contributed by atoms with E-state index in [-0.39, 0.29) is 23.8 Å². The van der Waals surface area contributed by atoms with Crippen LogP contribution in [0.2, 0.25) is 0 Å². The second-order valence-electron chi connectivity index (χ2n) is 5.42. The first-order valence-corrected chi connectivity index (χ1v) is 6.49. The SMILES string of the molecule is CC1(C)CC(=O)CN1C(=O)CCOc1ccccc1. The summed E-state index contributed by atoms with van der Waals surface area (Å²) in [6.07, 6.45) is 0.740. The molecule has 0 atom stereocenters. The van der Waals surface area contributed by atoms with Crippen molar-refractivity contribution in [2.45, 2.75) is 32.2 Å². The van der Waals surface area contributed by atoms with Crippen LogP contribution in [0.4, 0.5) is 0 Å². The standard InChI is InChI=1S/C15H19NO3/c1-15(2)10-12(17)11-16(15)14(18)8-9-19-13-6-4-3-5-7-13/h3-7H,8-11H2,1-2H3. The summed E-state index contributed by atoms with van der Waals surface area (Å²) >= 11 is 0. The summed E-state index contributed by atoms with van der Waals surface area (Å²) in [6, 6.07) is 9.40. The number of benzene rings is 1. The third-order valence-corrected chi connectivity index (χ3v) is 3.32. The van der Waals surface area contributed by atoms with Crippen molar-refractivity contribution < 1.29 is 14.3 Å². The lowest BCUT2D eigenvalue weighted by atomic mass is 10.0. The van der Waals surface area contributed by atoms with E-state index in [9.17, 15) is 9.59 Å². The molecule has 19 heavy (non-hydrogen) atoms. The van der Waals surface area contributed by atoms with Gasteiger partial charge in [0.15, 0.2) is 5.78 Å². The van der Waals surface area contributed by atoms with Gasteiger partial charge in [-0.05, 0) is 26.0 Å². The molecule has 1 fully saturated rings. The van der Waals surface area contributed by atoms with Gasteiger partial charge in [-0.1, -0.05) is 18.2 Å². The number of ketones is 1. The molecule has 0 N–H and O–H groups in total. The molecule has 4 heteroatoms. The van der Waals surface area contributed by atoms with Crippen LogP contribution in [0.15, 0.2) is 30.3 Å². The van der Waals surface area contributed by atoms with Crippen molar-refractivity contribution in [1.29, 1.82) is 0 Å². The number of carbonyl (C=O) groups is 2. The molecule has 1 aliphatic rings. The molecule has 1 amide bonds. The molecule has 2 rings (SSSR count). The third kappa shape index (κ3) is 3.34. The molecule has 102 valence electrons. The molecule has 0 bridgehead atoms. The summed E-state index contributed by atoms with van der Waals surface area (Å²) in [5.74, 6) is 0.862. The number of Topliss-reactive ketones (excluding diaryl/α,β-unsaturated/α-hetero) is 1. The molecule has 0 aromatic heterocycles. The summed E-state index contributed by atoms with van der Waals surface area (Å²) < 4.78 is 5.50. The Kier molecular flexibility index (Phi) is 3.88. The highest BCUT2D eigenvalue weighted by atomic mass is 16.5. The van der Waals surface area contributed by atoms with E-state index in [4.69, 9.17) is 4.74 Å². The minimum atomic E-state index is -0.360. The molecule has 1 aliphatic heterocycles. The number of rotatable bonds is 4. The van der Waals surface area contributed by atoms with Gasteiger partial charge in [0, 0.05) is 12.0 Å². The summed E-state index contributed by atoms with van der Waals surface area (Å²) in [7, 11) is 0. The summed E-state index contributed by atoms with van der Waals surface area (Å²) in [4.78, 5) is 25.2. The van der Waals surface area contributed by atoms with Gasteiger partial charge < -0.3 is 9.64 Å². The molecular formula is C15H19NO3. The molecule has 0 unspecified atom stereocenters. The number of ether oxygens (including phenoxy) is 1. The number of hydrogen-bond acceptors (Lipinski definition) is 3. The maximum absolute atomic E-state index is 12.1. The first-order valence-electron chi connectivity index (χ1n) is 6.49. The molecule has 0 radical (unpaired) electrons. The van der Waals surface area contributed by atoms with E-state index in [2.05, 4.69) is 0 Å². The largest absolute Gasteiger partial charge is 0.493 e. The molecule has 0 aliphatic carbocycles. The van der Waals surface area contributed by atoms with Crippen LogP contribution in [0.5, 0.6) is 5.75 Å². The first kappa shape index (κ1) is 13.6. The highest BCUT2D eigenvalue weighted by Crippen LogP contribution is 2.26. The van der Waals surface area contributed by atoms with Gasteiger partial charge in [0.25, 0.3) is 0 Å². The zero-order chi connectivity index (χ0) is 13.9. The van der Waals surface area contributed by atoms with E-state index < -0.39 is 0 Å². The Morgan fingerprint density at radius 3 is 2.58 bits per heavy atom. The van der Waals surface area contributed by atoms with Crippen LogP contribution >= 0.6 is 0 Å². The van der Waals surface area contributed by atoms with Gasteiger partial charge in [0.1, 0.15) is 5.75 Å². The molecule has 1 saturated heterocycles. The smallest absolute Gasteiger partial charge is 0.226 e. The van der Waals surface area contributed by atoms with E-state index in [1.54, 1.807) is 4.90 Å². The maximum atomic E-state index is 12.1. The van der Waals surface area contributed by atoms with E-state index in [0.717, 1.165) is 5.75 Å². The predicted octanol–water partition coefficient (Wildman–Crippen LogP) is 2.04. The average Bonchev–Trinajstić information content (AvgIpc) is 2.64. The molecule has 1 aromatic carbocycles. The fourth-order valence-electron chi connectivity index (χ4n) is 2.36. The lowest BCUT2D eigenvalue weighted by Gasteiger charge is -2.30. The van der Waals surface area contributed by atoms with Crippen molar-refractivity contribution in [3.8, 4) is 5.75 Å². The van der Waals surface area contributed by atoms with E-state index in [0.29, 0.717) is 19.4 Å². The van der Waals surface area contributed by atoms with E-state index in [1.807, 2.05) is 44.2 Å². The average molecular weight is 261 g/mol. The molecule has 4 nitrogen and oxygen atoms in total. The number of likely N-dealkylation sites (tertiary alicyclic amines) is 1. The molecule has 0 spiro atoms. The van der Waals surface area contributed by atoms with Gasteiger partial charge in [-0.15, -0.1) is 0 Å². The first-order chi connectivity index (χ1) is 8.99. The van der Waals surface area contributed by atoms with Gasteiger partial charge in [-0.25, -0.2) is 0 Å². The van der Waals surface area contributed by atoms with Gasteiger partial charge in [-0.2, -0.15) is 0 Å². The van der Waals surface area contributed by atoms with Crippen molar-refractivity contribution in [3.05, 3.63) is 30.3 Å². The maximum Gasteiger partial charge on any atom is 0.226 e. The molecule has 1 aromatic rings. The van der Waals surface area contributed by atoms with Gasteiger partial charge >= 0.3 is 0 Å². The lowest BCUT2D eigenvalue weighted by molar-refractivity contribution is -0.135. The summed E-state index contributed by atoms with van der Waals surface area (Å²) in [5, 5.41) is 0. The predicted molar refractivity (Wildman–Crippen MR) is 72.0 cm³/mol. The number of carbonyl (C=O) groups excluding carboxylic acids is 2. The minimum absolute atomic E-state index is 0.0215. The fourth-order valence-corrected chi connectivity index (χ4v) is 2.36. The topological polar surface area (TPSA) is 46.6 Å². The van der Waals surface area contributed by atoms with Crippen LogP contribution in [-0.2, 0) is 9.59 Å². The Balaban J connectivity index is 1.83. The highest BCUT2D eigenvalue weighted by Gasteiger charge is 2.39. The van der Waals surface area contributed by atoms with Gasteiger partial charge in [-0.3, -0.25) is 9.59 Å². The van der Waals surface area contributed by atoms with Crippen LogP contribution in [0, 0.1) is 0 Å². The molecule has 0 saturated carbocycles. The Morgan fingerprint density at radius 2 is 2.00 bits per heavy atom. The number of para-hydroxylation sites is 1. The van der Waals surface area contributed by atoms with Gasteiger partial charge in [0.05, 0.1) is 19.6 Å². The molecule has 1 heterocycles. The monoisotopic (exact) mass is 261 g/mol. The van der Waals surface area contributed by atoms with Crippen molar-refractivity contribution in [1.82, 2.24) is 4.90 Å². The van der Waals surface area contributed by atoms with Crippen molar-refractivity contribution in [2.75, 3.05) is 13.2 Å². The Labute approximate surface area is 113 Å².